The van der Waals surface area contributed by atoms with Gasteiger partial charge in [0.15, 0.2) is 0 Å². The Morgan fingerprint density at radius 1 is 1.20 bits per heavy atom. The Kier molecular flexibility index (Phi) is 7.45. The Labute approximate surface area is 206 Å². The number of nitrogens with zero attached hydrogens (tertiary/aromatic N) is 1. The second kappa shape index (κ2) is 9.69. The van der Waals surface area contributed by atoms with Crippen LogP contribution >= 0.6 is 56.9 Å². The fourth-order valence-electron chi connectivity index (χ4n) is 2.88. The molecule has 1 saturated heterocycles. The summed E-state index contributed by atoms with van der Waals surface area (Å²) in [6.07, 6.45) is 1.64. The van der Waals surface area contributed by atoms with Crippen LogP contribution in [0.25, 0.3) is 6.08 Å². The van der Waals surface area contributed by atoms with Crippen LogP contribution in [0.15, 0.2) is 35.2 Å². The lowest BCUT2D eigenvalue weighted by atomic mass is 10.1. The van der Waals surface area contributed by atoms with E-state index in [4.69, 9.17) is 4.74 Å². The molecule has 0 unspecified atom stereocenters. The SMILES string of the molecule is COc1c(I)cc(I)cc1/C=C1/SC(=O)N(CC(=O)Nc2cc(C)ccc2C)C1=O. The van der Waals surface area contributed by atoms with Gasteiger partial charge >= 0.3 is 0 Å². The fourth-order valence-corrected chi connectivity index (χ4v) is 5.82. The van der Waals surface area contributed by atoms with E-state index in [1.165, 1.54) is 0 Å². The zero-order chi connectivity index (χ0) is 22.0. The molecule has 1 fully saturated rings. The van der Waals surface area contributed by atoms with E-state index in [0.717, 1.165) is 34.9 Å². The average molecular weight is 648 g/mol. The number of carbonyl (C=O) groups excluding carboxylic acids is 3. The van der Waals surface area contributed by atoms with Crippen molar-refractivity contribution in [2.45, 2.75) is 13.8 Å². The summed E-state index contributed by atoms with van der Waals surface area (Å²) < 4.78 is 7.33. The van der Waals surface area contributed by atoms with E-state index < -0.39 is 17.1 Å². The van der Waals surface area contributed by atoms with Gasteiger partial charge in [0.05, 0.1) is 15.6 Å². The molecule has 2 aromatic rings. The third-order valence-corrected chi connectivity index (χ3v) is 6.70. The molecule has 9 heteroatoms. The van der Waals surface area contributed by atoms with Gasteiger partial charge in [0.25, 0.3) is 11.1 Å². The number of carbonyl (C=O) groups is 3. The standard InChI is InChI=1S/C21H18I2N2O4S/c1-11-4-5-12(2)16(6-11)24-18(26)10-25-20(27)17(30-21(25)28)8-13-7-14(22)9-15(23)19(13)29-3/h4-9H,10H2,1-3H3,(H,24,26)/b17-8+. The summed E-state index contributed by atoms with van der Waals surface area (Å²) in [5.41, 5.74) is 3.29. The van der Waals surface area contributed by atoms with Gasteiger partial charge in [-0.1, -0.05) is 12.1 Å². The summed E-state index contributed by atoms with van der Waals surface area (Å²) in [4.78, 5) is 38.9. The smallest absolute Gasteiger partial charge is 0.294 e. The van der Waals surface area contributed by atoms with E-state index in [2.05, 4.69) is 50.5 Å². The lowest BCUT2D eigenvalue weighted by Gasteiger charge is -2.14. The number of benzene rings is 2. The number of hydrogen-bond acceptors (Lipinski definition) is 5. The summed E-state index contributed by atoms with van der Waals surface area (Å²) in [5.74, 6) is -0.277. The first-order valence-electron chi connectivity index (χ1n) is 8.85. The molecule has 0 atom stereocenters. The molecule has 0 saturated carbocycles. The number of rotatable bonds is 5. The van der Waals surface area contributed by atoms with E-state index in [1.54, 1.807) is 13.2 Å². The van der Waals surface area contributed by atoms with E-state index in [1.807, 2.05) is 44.2 Å². The Bertz CT molecular complexity index is 1080. The van der Waals surface area contributed by atoms with Crippen molar-refractivity contribution in [2.75, 3.05) is 19.0 Å². The van der Waals surface area contributed by atoms with Crippen molar-refractivity contribution >= 4 is 85.8 Å². The molecule has 1 aliphatic heterocycles. The fraction of sp³-hybridized carbons (Fsp3) is 0.190. The van der Waals surface area contributed by atoms with Crippen LogP contribution in [0, 0.1) is 21.0 Å². The number of imide groups is 1. The molecule has 0 radical (unpaired) electrons. The van der Waals surface area contributed by atoms with Gasteiger partial charge in [-0.05, 0) is 106 Å². The number of amides is 3. The molecule has 3 amide bonds. The highest BCUT2D eigenvalue weighted by atomic mass is 127. The monoisotopic (exact) mass is 648 g/mol. The predicted molar refractivity (Wildman–Crippen MR) is 136 cm³/mol. The van der Waals surface area contributed by atoms with Crippen LogP contribution < -0.4 is 10.1 Å². The number of ether oxygens (including phenoxy) is 1. The lowest BCUT2D eigenvalue weighted by molar-refractivity contribution is -0.127. The Balaban J connectivity index is 1.79. The van der Waals surface area contributed by atoms with Crippen LogP contribution in [0.1, 0.15) is 16.7 Å². The normalized spacial score (nSPS) is 15.1. The number of nitrogens with one attached hydrogen (secondary N) is 1. The minimum Gasteiger partial charge on any atom is -0.495 e. The van der Waals surface area contributed by atoms with Gasteiger partial charge in [-0.2, -0.15) is 0 Å². The van der Waals surface area contributed by atoms with Gasteiger partial charge in [-0.25, -0.2) is 0 Å². The van der Waals surface area contributed by atoms with E-state index in [9.17, 15) is 14.4 Å². The van der Waals surface area contributed by atoms with Crippen molar-refractivity contribution in [3.8, 4) is 5.75 Å². The summed E-state index contributed by atoms with van der Waals surface area (Å²) in [5, 5.41) is 2.31. The molecule has 30 heavy (non-hydrogen) atoms. The highest BCUT2D eigenvalue weighted by Gasteiger charge is 2.36. The van der Waals surface area contributed by atoms with Gasteiger partial charge in [0, 0.05) is 14.8 Å². The zero-order valence-electron chi connectivity index (χ0n) is 16.4. The van der Waals surface area contributed by atoms with E-state index in [-0.39, 0.29) is 11.4 Å². The number of anilines is 1. The summed E-state index contributed by atoms with van der Waals surface area (Å²) in [6, 6.07) is 9.55. The van der Waals surface area contributed by atoms with Gasteiger partial charge in [0.2, 0.25) is 5.91 Å². The Morgan fingerprint density at radius 2 is 1.93 bits per heavy atom. The molecule has 156 valence electrons. The van der Waals surface area contributed by atoms with Crippen molar-refractivity contribution in [3.05, 3.63) is 59.1 Å². The maximum atomic E-state index is 12.8. The molecule has 0 aromatic heterocycles. The molecule has 0 aliphatic carbocycles. The van der Waals surface area contributed by atoms with Crippen LogP contribution in [0.4, 0.5) is 10.5 Å². The molecular weight excluding hydrogens is 630 g/mol. The maximum absolute atomic E-state index is 12.8. The number of methoxy groups -OCH3 is 1. The molecule has 6 nitrogen and oxygen atoms in total. The van der Waals surface area contributed by atoms with Crippen molar-refractivity contribution in [3.63, 3.8) is 0 Å². The number of hydrogen-bond donors (Lipinski definition) is 1. The molecular formula is C21H18I2N2O4S. The quantitative estimate of drug-likeness (QED) is 0.357. The van der Waals surface area contributed by atoms with Gasteiger partial charge in [0.1, 0.15) is 12.3 Å². The van der Waals surface area contributed by atoms with Crippen molar-refractivity contribution in [1.29, 1.82) is 0 Å². The summed E-state index contributed by atoms with van der Waals surface area (Å²) in [7, 11) is 1.56. The molecule has 3 rings (SSSR count). The predicted octanol–water partition coefficient (Wildman–Crippen LogP) is 5.20. The number of thioether (sulfide) groups is 1. The average Bonchev–Trinajstić information content (AvgIpc) is 2.92. The number of halogens is 2. The second-order valence-electron chi connectivity index (χ2n) is 6.64. The van der Waals surface area contributed by atoms with Gasteiger partial charge in [-0.15, -0.1) is 0 Å². The Morgan fingerprint density at radius 3 is 2.63 bits per heavy atom. The molecule has 1 aliphatic rings. The Hall–Kier alpha value is -1.60. The maximum Gasteiger partial charge on any atom is 0.294 e. The lowest BCUT2D eigenvalue weighted by Crippen LogP contribution is -2.36. The minimum atomic E-state index is -0.489. The summed E-state index contributed by atoms with van der Waals surface area (Å²) >= 11 is 5.17. The third kappa shape index (κ3) is 5.17. The van der Waals surface area contributed by atoms with Crippen LogP contribution in [0.2, 0.25) is 0 Å². The third-order valence-electron chi connectivity index (χ3n) is 4.37. The second-order valence-corrected chi connectivity index (χ2v) is 10.0. The van der Waals surface area contributed by atoms with Crippen LogP contribution in [0.5, 0.6) is 5.75 Å². The van der Waals surface area contributed by atoms with Crippen LogP contribution in [0.3, 0.4) is 0 Å². The first-order chi connectivity index (χ1) is 14.2. The molecule has 0 bridgehead atoms. The minimum absolute atomic E-state index is 0.260. The first kappa shape index (κ1) is 23.1. The van der Waals surface area contributed by atoms with Crippen LogP contribution in [-0.2, 0) is 9.59 Å². The van der Waals surface area contributed by atoms with Crippen molar-refractivity contribution in [2.24, 2.45) is 0 Å². The largest absolute Gasteiger partial charge is 0.495 e. The van der Waals surface area contributed by atoms with Crippen LogP contribution in [-0.4, -0.2) is 35.6 Å². The first-order valence-corrected chi connectivity index (χ1v) is 11.8. The van der Waals surface area contributed by atoms with Crippen molar-refractivity contribution in [1.82, 2.24) is 4.90 Å². The topological polar surface area (TPSA) is 75.7 Å². The molecule has 1 N–H and O–H groups in total. The zero-order valence-corrected chi connectivity index (χ0v) is 21.5. The highest BCUT2D eigenvalue weighted by Crippen LogP contribution is 2.36. The molecule has 0 spiro atoms. The molecule has 1 heterocycles. The van der Waals surface area contributed by atoms with E-state index in [0.29, 0.717) is 17.0 Å². The number of aryl methyl sites for hydroxylation is 2. The summed E-state index contributed by atoms with van der Waals surface area (Å²) in [6.45, 7) is 3.47. The van der Waals surface area contributed by atoms with Gasteiger partial charge < -0.3 is 10.1 Å². The molecule has 2 aromatic carbocycles. The highest BCUT2D eigenvalue weighted by molar-refractivity contribution is 14.1. The van der Waals surface area contributed by atoms with E-state index >= 15 is 0 Å². The van der Waals surface area contributed by atoms with Crippen molar-refractivity contribution < 1.29 is 19.1 Å². The van der Waals surface area contributed by atoms with Gasteiger partial charge in [-0.3, -0.25) is 19.3 Å².